The molecule has 108 valence electrons. The van der Waals surface area contributed by atoms with Crippen molar-refractivity contribution in [2.24, 2.45) is 0 Å². The molecule has 2 aromatic carbocycles. The standard InChI is InChI=1S/C17H16I2N2/c18-14-9-11(10-15(19)17(14)20)5-6-16-13-4-2-1-3-12(13)7-8-21-16/h1-6,9-10,16,21H,7-8,20H2/b6-5+. The van der Waals surface area contributed by atoms with Gasteiger partial charge in [-0.2, -0.15) is 0 Å². The maximum Gasteiger partial charge on any atom is 0.0585 e. The number of halogens is 2. The van der Waals surface area contributed by atoms with Gasteiger partial charge in [-0.1, -0.05) is 36.4 Å². The zero-order chi connectivity index (χ0) is 14.8. The topological polar surface area (TPSA) is 38.0 Å². The molecule has 3 rings (SSSR count). The highest BCUT2D eigenvalue weighted by Gasteiger charge is 2.16. The van der Waals surface area contributed by atoms with Gasteiger partial charge in [-0.3, -0.25) is 0 Å². The van der Waals surface area contributed by atoms with Crippen LogP contribution in [0.15, 0.2) is 42.5 Å². The van der Waals surface area contributed by atoms with Gasteiger partial charge in [-0.05, 0) is 80.4 Å². The number of rotatable bonds is 2. The molecule has 1 atom stereocenters. The Morgan fingerprint density at radius 2 is 1.86 bits per heavy atom. The normalized spacial score (nSPS) is 17.9. The first kappa shape index (κ1) is 15.3. The lowest BCUT2D eigenvalue weighted by atomic mass is 9.94. The zero-order valence-electron chi connectivity index (χ0n) is 11.4. The molecular weight excluding hydrogens is 486 g/mol. The molecule has 4 heteroatoms. The molecule has 21 heavy (non-hydrogen) atoms. The quantitative estimate of drug-likeness (QED) is 0.473. The van der Waals surface area contributed by atoms with Gasteiger partial charge in [-0.25, -0.2) is 0 Å². The van der Waals surface area contributed by atoms with Gasteiger partial charge in [0.1, 0.15) is 0 Å². The zero-order valence-corrected chi connectivity index (χ0v) is 15.8. The minimum Gasteiger partial charge on any atom is -0.397 e. The summed E-state index contributed by atoms with van der Waals surface area (Å²) in [6.07, 6.45) is 5.54. The third kappa shape index (κ3) is 3.43. The summed E-state index contributed by atoms with van der Waals surface area (Å²) in [7, 11) is 0. The lowest BCUT2D eigenvalue weighted by Gasteiger charge is -2.24. The highest BCUT2D eigenvalue weighted by Crippen LogP contribution is 2.27. The Morgan fingerprint density at radius 1 is 1.14 bits per heavy atom. The third-order valence-corrected chi connectivity index (χ3v) is 5.52. The number of hydrogen-bond acceptors (Lipinski definition) is 2. The van der Waals surface area contributed by atoms with E-state index in [0.29, 0.717) is 6.04 Å². The van der Waals surface area contributed by atoms with E-state index < -0.39 is 0 Å². The van der Waals surface area contributed by atoms with E-state index in [0.717, 1.165) is 25.8 Å². The first-order chi connectivity index (χ1) is 10.1. The van der Waals surface area contributed by atoms with E-state index in [1.54, 1.807) is 0 Å². The number of anilines is 1. The van der Waals surface area contributed by atoms with E-state index in [2.05, 4.69) is 99.0 Å². The van der Waals surface area contributed by atoms with Crippen LogP contribution in [0.3, 0.4) is 0 Å². The van der Waals surface area contributed by atoms with Gasteiger partial charge in [0.25, 0.3) is 0 Å². The van der Waals surface area contributed by atoms with Crippen LogP contribution in [0.25, 0.3) is 6.08 Å². The third-order valence-electron chi connectivity index (χ3n) is 3.73. The summed E-state index contributed by atoms with van der Waals surface area (Å²) in [5.74, 6) is 0. The lowest BCUT2D eigenvalue weighted by molar-refractivity contribution is 0.583. The van der Waals surface area contributed by atoms with Crippen LogP contribution in [0.2, 0.25) is 0 Å². The van der Waals surface area contributed by atoms with Gasteiger partial charge in [0.2, 0.25) is 0 Å². The molecule has 0 spiro atoms. The molecule has 2 aromatic rings. The van der Waals surface area contributed by atoms with Gasteiger partial charge in [-0.15, -0.1) is 0 Å². The summed E-state index contributed by atoms with van der Waals surface area (Å²) in [5, 5.41) is 3.57. The van der Waals surface area contributed by atoms with E-state index in [9.17, 15) is 0 Å². The second-order valence-electron chi connectivity index (χ2n) is 5.14. The van der Waals surface area contributed by atoms with Crippen LogP contribution in [-0.4, -0.2) is 6.54 Å². The fourth-order valence-corrected chi connectivity index (χ4v) is 4.43. The van der Waals surface area contributed by atoms with Crippen LogP contribution < -0.4 is 11.1 Å². The number of nitrogens with one attached hydrogen (secondary N) is 1. The largest absolute Gasteiger partial charge is 0.397 e. The van der Waals surface area contributed by atoms with Crippen molar-refractivity contribution in [1.82, 2.24) is 5.32 Å². The van der Waals surface area contributed by atoms with Crippen LogP contribution in [-0.2, 0) is 6.42 Å². The van der Waals surface area contributed by atoms with Gasteiger partial charge >= 0.3 is 0 Å². The predicted molar refractivity (Wildman–Crippen MR) is 106 cm³/mol. The highest BCUT2D eigenvalue weighted by atomic mass is 127. The van der Waals surface area contributed by atoms with Crippen molar-refractivity contribution >= 4 is 56.9 Å². The Hall–Kier alpha value is -0.600. The van der Waals surface area contributed by atoms with Crippen molar-refractivity contribution in [3.05, 3.63) is 66.3 Å². The molecule has 0 radical (unpaired) electrons. The smallest absolute Gasteiger partial charge is 0.0585 e. The summed E-state index contributed by atoms with van der Waals surface area (Å²) >= 11 is 4.58. The molecule has 1 aliphatic rings. The number of fused-ring (bicyclic) bond motifs is 1. The lowest BCUT2D eigenvalue weighted by Crippen LogP contribution is -2.28. The van der Waals surface area contributed by atoms with E-state index in [-0.39, 0.29) is 0 Å². The van der Waals surface area contributed by atoms with Crippen molar-refractivity contribution < 1.29 is 0 Å². The molecule has 2 nitrogen and oxygen atoms in total. The van der Waals surface area contributed by atoms with Crippen molar-refractivity contribution in [3.8, 4) is 0 Å². The van der Waals surface area contributed by atoms with Crippen LogP contribution in [0.5, 0.6) is 0 Å². The summed E-state index contributed by atoms with van der Waals surface area (Å²) < 4.78 is 2.22. The Labute approximate surface area is 152 Å². The average Bonchev–Trinajstić information content (AvgIpc) is 2.50. The second-order valence-corrected chi connectivity index (χ2v) is 7.46. The number of benzene rings is 2. The number of nitrogen functional groups attached to an aromatic ring is 1. The molecule has 0 aromatic heterocycles. The SMILES string of the molecule is Nc1c(I)cc(/C=C/C2NCCc3ccccc32)cc1I. The molecule has 0 amide bonds. The summed E-state index contributed by atoms with van der Waals surface area (Å²) in [6, 6.07) is 13.2. The maximum absolute atomic E-state index is 6.00. The van der Waals surface area contributed by atoms with E-state index in [4.69, 9.17) is 5.73 Å². The molecule has 0 saturated heterocycles. The fraction of sp³-hybridized carbons (Fsp3) is 0.176. The molecule has 0 aliphatic carbocycles. The fourth-order valence-electron chi connectivity index (χ4n) is 2.62. The van der Waals surface area contributed by atoms with E-state index >= 15 is 0 Å². The molecule has 3 N–H and O–H groups in total. The van der Waals surface area contributed by atoms with Crippen molar-refractivity contribution in [1.29, 1.82) is 0 Å². The summed E-state index contributed by atoms with van der Waals surface area (Å²) in [6.45, 7) is 1.03. The van der Waals surface area contributed by atoms with Crippen LogP contribution in [0, 0.1) is 7.14 Å². The van der Waals surface area contributed by atoms with E-state index in [1.807, 2.05) is 0 Å². The van der Waals surface area contributed by atoms with Gasteiger partial charge in [0.15, 0.2) is 0 Å². The van der Waals surface area contributed by atoms with Gasteiger partial charge < -0.3 is 11.1 Å². The first-order valence-corrected chi connectivity index (χ1v) is 9.05. The first-order valence-electron chi connectivity index (χ1n) is 6.89. The van der Waals surface area contributed by atoms with Gasteiger partial charge in [0.05, 0.1) is 11.7 Å². The summed E-state index contributed by atoms with van der Waals surface area (Å²) in [4.78, 5) is 0. The molecular formula is C17H16I2N2. The highest BCUT2D eigenvalue weighted by molar-refractivity contribution is 14.1. The maximum atomic E-state index is 6.00. The Bertz CT molecular complexity index is 672. The molecule has 0 bridgehead atoms. The van der Waals surface area contributed by atoms with Crippen molar-refractivity contribution in [3.63, 3.8) is 0 Å². The number of hydrogen-bond donors (Lipinski definition) is 2. The molecule has 1 aliphatic heterocycles. The molecule has 0 fully saturated rings. The van der Waals surface area contributed by atoms with Crippen LogP contribution in [0.4, 0.5) is 5.69 Å². The molecule has 1 unspecified atom stereocenters. The Morgan fingerprint density at radius 3 is 2.62 bits per heavy atom. The Kier molecular flexibility index (Phi) is 4.85. The monoisotopic (exact) mass is 502 g/mol. The minimum atomic E-state index is 0.294. The van der Waals surface area contributed by atoms with Crippen molar-refractivity contribution in [2.45, 2.75) is 12.5 Å². The van der Waals surface area contributed by atoms with Gasteiger partial charge in [0, 0.05) is 13.7 Å². The van der Waals surface area contributed by atoms with Crippen LogP contribution in [0.1, 0.15) is 22.7 Å². The number of nitrogens with two attached hydrogens (primary N) is 1. The second kappa shape index (κ2) is 6.66. The predicted octanol–water partition coefficient (Wildman–Crippen LogP) is 4.38. The molecule has 1 heterocycles. The van der Waals surface area contributed by atoms with E-state index in [1.165, 1.54) is 16.7 Å². The minimum absolute atomic E-state index is 0.294. The average molecular weight is 502 g/mol. The Balaban J connectivity index is 1.88. The molecule has 0 saturated carbocycles. The van der Waals surface area contributed by atoms with Crippen LogP contribution >= 0.6 is 45.2 Å². The summed E-state index contributed by atoms with van der Waals surface area (Å²) in [5.41, 5.74) is 10.9. The van der Waals surface area contributed by atoms with Crippen molar-refractivity contribution in [2.75, 3.05) is 12.3 Å².